The predicted molar refractivity (Wildman–Crippen MR) is 79.6 cm³/mol. The molecule has 0 atom stereocenters. The number of aliphatic imine (C=N–C) groups is 1. The zero-order chi connectivity index (χ0) is 13.1. The van der Waals surface area contributed by atoms with Crippen molar-refractivity contribution in [3.63, 3.8) is 0 Å². The van der Waals surface area contributed by atoms with E-state index in [-0.39, 0.29) is 0 Å². The minimum Gasteiger partial charge on any atom is -0.364 e. The molecule has 0 radical (unpaired) electrons. The Hall–Kier alpha value is -1.97. The Bertz CT molecular complexity index is 499. The van der Waals surface area contributed by atoms with Gasteiger partial charge in [-0.1, -0.05) is 24.3 Å². The first-order valence-electron chi connectivity index (χ1n) is 6.81. The van der Waals surface area contributed by atoms with Crippen LogP contribution in [0.4, 0.5) is 5.69 Å². The molecule has 0 amide bonds. The average molecular weight is 256 g/mol. The number of nitrogens with zero attached hydrogens (tertiary/aromatic N) is 3. The molecule has 3 rings (SSSR count). The lowest BCUT2D eigenvalue weighted by molar-refractivity contribution is 0.534. The standard InChI is InChI=1S/C15H20N4/c1-18-10-7-16-15(18)17-12-13-5-4-6-14(11-13)19-8-2-3-9-19/h2-6,11H,7-10,12H2,1H3,(H,16,17). The van der Waals surface area contributed by atoms with Crippen molar-refractivity contribution in [3.05, 3.63) is 42.0 Å². The first-order chi connectivity index (χ1) is 9.33. The minimum absolute atomic E-state index is 0.832. The van der Waals surface area contributed by atoms with Gasteiger partial charge in [-0.15, -0.1) is 0 Å². The molecule has 4 heteroatoms. The molecule has 0 saturated carbocycles. The first-order valence-corrected chi connectivity index (χ1v) is 6.81. The molecule has 0 fully saturated rings. The molecule has 1 aromatic carbocycles. The molecule has 4 nitrogen and oxygen atoms in total. The van der Waals surface area contributed by atoms with Crippen LogP contribution in [0.25, 0.3) is 0 Å². The van der Waals surface area contributed by atoms with E-state index in [0.717, 1.165) is 38.7 Å². The number of hydrogen-bond acceptors (Lipinski definition) is 4. The topological polar surface area (TPSA) is 30.9 Å². The third-order valence-corrected chi connectivity index (χ3v) is 3.60. The van der Waals surface area contributed by atoms with Crippen LogP contribution in [0.5, 0.6) is 0 Å². The second kappa shape index (κ2) is 5.34. The Morgan fingerprint density at radius 1 is 1.26 bits per heavy atom. The lowest BCUT2D eigenvalue weighted by Gasteiger charge is -2.19. The van der Waals surface area contributed by atoms with Gasteiger partial charge < -0.3 is 15.1 Å². The van der Waals surface area contributed by atoms with Gasteiger partial charge in [0.25, 0.3) is 0 Å². The summed E-state index contributed by atoms with van der Waals surface area (Å²) in [7, 11) is 2.07. The van der Waals surface area contributed by atoms with Gasteiger partial charge in [0.1, 0.15) is 0 Å². The maximum atomic E-state index is 4.44. The summed E-state index contributed by atoms with van der Waals surface area (Å²) in [5.41, 5.74) is 2.60. The summed E-state index contributed by atoms with van der Waals surface area (Å²) in [6.07, 6.45) is 4.43. The van der Waals surface area contributed by atoms with Gasteiger partial charge in [0.2, 0.25) is 0 Å². The number of guanidine groups is 1. The summed E-state index contributed by atoms with van der Waals surface area (Å²) in [4.78, 5) is 8.97. The van der Waals surface area contributed by atoms with Crippen molar-refractivity contribution in [2.75, 3.05) is 38.1 Å². The van der Waals surface area contributed by atoms with Crippen LogP contribution in [0.2, 0.25) is 0 Å². The molecule has 1 aromatic rings. The maximum Gasteiger partial charge on any atom is 0.194 e. The predicted octanol–water partition coefficient (Wildman–Crippen LogP) is 1.45. The van der Waals surface area contributed by atoms with Crippen LogP contribution in [0.1, 0.15) is 5.56 Å². The van der Waals surface area contributed by atoms with Crippen LogP contribution in [0.3, 0.4) is 0 Å². The van der Waals surface area contributed by atoms with Gasteiger partial charge in [-0.3, -0.25) is 4.99 Å². The largest absolute Gasteiger partial charge is 0.364 e. The van der Waals surface area contributed by atoms with Crippen molar-refractivity contribution >= 4 is 11.6 Å². The zero-order valence-electron chi connectivity index (χ0n) is 11.3. The maximum absolute atomic E-state index is 4.44. The summed E-state index contributed by atoms with van der Waals surface area (Å²) < 4.78 is 0. The summed E-state index contributed by atoms with van der Waals surface area (Å²) in [6.45, 7) is 4.79. The van der Waals surface area contributed by atoms with Crippen molar-refractivity contribution < 1.29 is 0 Å². The molecule has 2 aliphatic rings. The molecule has 100 valence electrons. The van der Waals surface area contributed by atoms with E-state index in [0.29, 0.717) is 0 Å². The first kappa shape index (κ1) is 12.1. The number of anilines is 1. The molecule has 0 aromatic heterocycles. The number of hydrogen-bond donors (Lipinski definition) is 1. The van der Waals surface area contributed by atoms with Crippen molar-refractivity contribution in [2.45, 2.75) is 6.54 Å². The number of rotatable bonds is 3. The second-order valence-corrected chi connectivity index (χ2v) is 5.03. The Morgan fingerprint density at radius 2 is 2.11 bits per heavy atom. The van der Waals surface area contributed by atoms with Crippen molar-refractivity contribution in [1.82, 2.24) is 10.2 Å². The summed E-state index contributed by atoms with van der Waals surface area (Å²) in [5.74, 6) is 1.01. The summed E-state index contributed by atoms with van der Waals surface area (Å²) in [6, 6.07) is 8.73. The van der Waals surface area contributed by atoms with Crippen LogP contribution in [-0.2, 0) is 6.54 Å². The molecule has 0 saturated heterocycles. The Balaban J connectivity index is 1.63. The Kier molecular flexibility index (Phi) is 3.40. The fourth-order valence-corrected chi connectivity index (χ4v) is 2.46. The monoisotopic (exact) mass is 256 g/mol. The molecule has 0 aliphatic carbocycles. The highest BCUT2D eigenvalue weighted by Gasteiger charge is 2.12. The SMILES string of the molecule is CN1CCN=C1NCc1cccc(N2CC=CC2)c1. The van der Waals surface area contributed by atoms with Gasteiger partial charge in [0.15, 0.2) is 5.96 Å². The van der Waals surface area contributed by atoms with E-state index in [1.807, 2.05) is 0 Å². The Labute approximate surface area is 114 Å². The van der Waals surface area contributed by atoms with Gasteiger partial charge in [-0.2, -0.15) is 0 Å². The molecule has 0 unspecified atom stereocenters. The molecular weight excluding hydrogens is 236 g/mol. The van der Waals surface area contributed by atoms with E-state index in [2.05, 4.69) is 63.6 Å². The fraction of sp³-hybridized carbons (Fsp3) is 0.400. The van der Waals surface area contributed by atoms with E-state index >= 15 is 0 Å². The zero-order valence-corrected chi connectivity index (χ0v) is 11.3. The average Bonchev–Trinajstić information content (AvgIpc) is 3.08. The van der Waals surface area contributed by atoms with E-state index < -0.39 is 0 Å². The molecule has 0 bridgehead atoms. The molecule has 2 aliphatic heterocycles. The van der Waals surface area contributed by atoms with E-state index in [9.17, 15) is 0 Å². The van der Waals surface area contributed by atoms with Gasteiger partial charge >= 0.3 is 0 Å². The van der Waals surface area contributed by atoms with E-state index in [4.69, 9.17) is 0 Å². The third kappa shape index (κ3) is 2.72. The van der Waals surface area contributed by atoms with Gasteiger partial charge in [-0.05, 0) is 17.7 Å². The summed E-state index contributed by atoms with van der Waals surface area (Å²) in [5, 5.41) is 3.41. The lowest BCUT2D eigenvalue weighted by Crippen LogP contribution is -2.35. The quantitative estimate of drug-likeness (QED) is 0.831. The van der Waals surface area contributed by atoms with Gasteiger partial charge in [0, 0.05) is 38.9 Å². The van der Waals surface area contributed by atoms with Crippen LogP contribution in [0, 0.1) is 0 Å². The number of benzene rings is 1. The highest BCUT2D eigenvalue weighted by Crippen LogP contribution is 2.18. The van der Waals surface area contributed by atoms with Crippen molar-refractivity contribution in [1.29, 1.82) is 0 Å². The lowest BCUT2D eigenvalue weighted by atomic mass is 10.2. The highest BCUT2D eigenvalue weighted by molar-refractivity contribution is 5.81. The normalized spacial score (nSPS) is 18.1. The third-order valence-electron chi connectivity index (χ3n) is 3.60. The van der Waals surface area contributed by atoms with Crippen LogP contribution < -0.4 is 10.2 Å². The van der Waals surface area contributed by atoms with Gasteiger partial charge in [0.05, 0.1) is 6.54 Å². The van der Waals surface area contributed by atoms with Crippen LogP contribution in [0.15, 0.2) is 41.4 Å². The molecule has 0 spiro atoms. The summed E-state index contributed by atoms with van der Waals surface area (Å²) >= 11 is 0. The Morgan fingerprint density at radius 3 is 2.84 bits per heavy atom. The fourth-order valence-electron chi connectivity index (χ4n) is 2.46. The molecule has 1 N–H and O–H groups in total. The van der Waals surface area contributed by atoms with Crippen LogP contribution >= 0.6 is 0 Å². The van der Waals surface area contributed by atoms with E-state index in [1.54, 1.807) is 0 Å². The second-order valence-electron chi connectivity index (χ2n) is 5.03. The van der Waals surface area contributed by atoms with Gasteiger partial charge in [-0.25, -0.2) is 0 Å². The number of likely N-dealkylation sites (N-methyl/N-ethyl adjacent to an activating group) is 1. The molecule has 19 heavy (non-hydrogen) atoms. The molecule has 2 heterocycles. The highest BCUT2D eigenvalue weighted by atomic mass is 15.3. The van der Waals surface area contributed by atoms with Crippen molar-refractivity contribution in [3.8, 4) is 0 Å². The number of nitrogens with one attached hydrogen (secondary N) is 1. The minimum atomic E-state index is 0.832. The molecular formula is C15H20N4. The smallest absolute Gasteiger partial charge is 0.194 e. The van der Waals surface area contributed by atoms with Crippen molar-refractivity contribution in [2.24, 2.45) is 4.99 Å². The van der Waals surface area contributed by atoms with Crippen LogP contribution in [-0.4, -0.2) is 44.1 Å². The van der Waals surface area contributed by atoms with E-state index in [1.165, 1.54) is 11.3 Å².